The fourth-order valence-corrected chi connectivity index (χ4v) is 1.57. The molecule has 0 atom stereocenters. The predicted octanol–water partition coefficient (Wildman–Crippen LogP) is 1.30. The molecule has 0 aliphatic carbocycles. The third-order valence-corrected chi connectivity index (χ3v) is 2.78. The lowest BCUT2D eigenvalue weighted by molar-refractivity contribution is 0.287. The zero-order valence-corrected chi connectivity index (χ0v) is 10.4. The summed E-state index contributed by atoms with van der Waals surface area (Å²) in [5.41, 5.74) is 6.18. The minimum atomic E-state index is -0.322. The van der Waals surface area contributed by atoms with E-state index < -0.39 is 0 Å². The first kappa shape index (κ1) is 12.5. The normalized spacial score (nSPS) is 10.7. The molecule has 1 aromatic heterocycles. The van der Waals surface area contributed by atoms with Crippen LogP contribution in [0.2, 0.25) is 0 Å². The van der Waals surface area contributed by atoms with Gasteiger partial charge in [-0.2, -0.15) is 0 Å². The van der Waals surface area contributed by atoms with E-state index in [1.807, 2.05) is 18.5 Å². The van der Waals surface area contributed by atoms with Crippen LogP contribution in [0, 0.1) is 12.7 Å². The molecular formula is C12H15FN4O. The zero-order chi connectivity index (χ0) is 13.1. The predicted molar refractivity (Wildman–Crippen MR) is 64.4 cm³/mol. The molecule has 0 aliphatic heterocycles. The van der Waals surface area contributed by atoms with Crippen LogP contribution in [-0.4, -0.2) is 14.8 Å². The van der Waals surface area contributed by atoms with E-state index in [9.17, 15) is 4.39 Å². The summed E-state index contributed by atoms with van der Waals surface area (Å²) in [6, 6.07) is 4.29. The van der Waals surface area contributed by atoms with Crippen molar-refractivity contribution in [2.45, 2.75) is 20.1 Å². The lowest BCUT2D eigenvalue weighted by atomic mass is 10.2. The quantitative estimate of drug-likeness (QED) is 0.888. The van der Waals surface area contributed by atoms with Gasteiger partial charge in [-0.15, -0.1) is 10.2 Å². The molecule has 0 aliphatic rings. The van der Waals surface area contributed by atoms with Crippen LogP contribution in [0.25, 0.3) is 0 Å². The van der Waals surface area contributed by atoms with Gasteiger partial charge in [0.1, 0.15) is 24.0 Å². The Morgan fingerprint density at radius 1 is 1.39 bits per heavy atom. The van der Waals surface area contributed by atoms with E-state index in [0.717, 1.165) is 5.82 Å². The Kier molecular flexibility index (Phi) is 3.57. The van der Waals surface area contributed by atoms with Crippen LogP contribution < -0.4 is 10.5 Å². The molecule has 0 fully saturated rings. The minimum Gasteiger partial charge on any atom is -0.485 e. The Hall–Kier alpha value is -1.95. The highest BCUT2D eigenvalue weighted by atomic mass is 19.1. The average Bonchev–Trinajstić information content (AvgIpc) is 2.68. The van der Waals surface area contributed by atoms with Crippen molar-refractivity contribution in [2.24, 2.45) is 12.8 Å². The summed E-state index contributed by atoms with van der Waals surface area (Å²) in [5.74, 6) is 1.77. The van der Waals surface area contributed by atoms with Crippen molar-refractivity contribution in [3.8, 4) is 5.75 Å². The van der Waals surface area contributed by atoms with Crippen molar-refractivity contribution in [2.75, 3.05) is 0 Å². The fraction of sp³-hybridized carbons (Fsp3) is 0.333. The van der Waals surface area contributed by atoms with Crippen LogP contribution in [-0.2, 0) is 20.2 Å². The molecule has 1 aromatic carbocycles. The van der Waals surface area contributed by atoms with E-state index in [2.05, 4.69) is 10.2 Å². The average molecular weight is 250 g/mol. The van der Waals surface area contributed by atoms with Gasteiger partial charge in [0.15, 0.2) is 5.82 Å². The van der Waals surface area contributed by atoms with Gasteiger partial charge in [-0.3, -0.25) is 0 Å². The molecule has 5 nitrogen and oxygen atoms in total. The summed E-state index contributed by atoms with van der Waals surface area (Å²) in [6.07, 6.45) is 0. The van der Waals surface area contributed by atoms with Gasteiger partial charge in [0, 0.05) is 19.2 Å². The van der Waals surface area contributed by atoms with E-state index in [4.69, 9.17) is 10.5 Å². The maximum absolute atomic E-state index is 13.0. The summed E-state index contributed by atoms with van der Waals surface area (Å²) in [7, 11) is 1.86. The smallest absolute Gasteiger partial charge is 0.170 e. The largest absolute Gasteiger partial charge is 0.485 e. The molecule has 0 spiro atoms. The first-order valence-electron chi connectivity index (χ1n) is 5.58. The second-order valence-electron chi connectivity index (χ2n) is 3.97. The van der Waals surface area contributed by atoms with Crippen LogP contribution >= 0.6 is 0 Å². The van der Waals surface area contributed by atoms with Gasteiger partial charge in [0.2, 0.25) is 0 Å². The molecule has 2 aromatic rings. The van der Waals surface area contributed by atoms with Crippen molar-refractivity contribution in [1.82, 2.24) is 14.8 Å². The number of nitrogens with zero attached hydrogens (tertiary/aromatic N) is 3. The Morgan fingerprint density at radius 3 is 2.78 bits per heavy atom. The number of hydrogen-bond acceptors (Lipinski definition) is 4. The topological polar surface area (TPSA) is 66.0 Å². The summed E-state index contributed by atoms with van der Waals surface area (Å²) in [6.45, 7) is 2.36. The first-order valence-corrected chi connectivity index (χ1v) is 5.58. The monoisotopic (exact) mass is 250 g/mol. The number of aromatic nitrogens is 3. The third kappa shape index (κ3) is 2.48. The van der Waals surface area contributed by atoms with E-state index in [0.29, 0.717) is 17.1 Å². The third-order valence-electron chi connectivity index (χ3n) is 2.78. The molecule has 2 rings (SSSR count). The van der Waals surface area contributed by atoms with Crippen molar-refractivity contribution in [3.63, 3.8) is 0 Å². The summed E-state index contributed by atoms with van der Waals surface area (Å²) in [4.78, 5) is 0. The second kappa shape index (κ2) is 5.14. The highest BCUT2D eigenvalue weighted by Crippen LogP contribution is 2.20. The Morgan fingerprint density at radius 2 is 2.17 bits per heavy atom. The van der Waals surface area contributed by atoms with Gasteiger partial charge in [-0.1, -0.05) is 0 Å². The SMILES string of the molecule is Cc1nnc(COc2ccc(F)cc2CN)n1C. The van der Waals surface area contributed by atoms with Crippen LogP contribution in [0.5, 0.6) is 5.75 Å². The standard InChI is InChI=1S/C12H15FN4O/c1-8-15-16-12(17(8)2)7-18-11-4-3-10(13)5-9(11)6-14/h3-5H,6-7,14H2,1-2H3. The second-order valence-corrected chi connectivity index (χ2v) is 3.97. The molecule has 0 amide bonds. The van der Waals surface area contributed by atoms with Gasteiger partial charge >= 0.3 is 0 Å². The van der Waals surface area contributed by atoms with Crippen molar-refractivity contribution >= 4 is 0 Å². The minimum absolute atomic E-state index is 0.227. The van der Waals surface area contributed by atoms with Crippen LogP contribution in [0.3, 0.4) is 0 Å². The molecule has 0 saturated heterocycles. The van der Waals surface area contributed by atoms with Gasteiger partial charge in [0.25, 0.3) is 0 Å². The van der Waals surface area contributed by atoms with Gasteiger partial charge < -0.3 is 15.0 Å². The van der Waals surface area contributed by atoms with Gasteiger partial charge in [-0.05, 0) is 25.1 Å². The maximum atomic E-state index is 13.0. The number of rotatable bonds is 4. The van der Waals surface area contributed by atoms with Crippen molar-refractivity contribution < 1.29 is 9.13 Å². The zero-order valence-electron chi connectivity index (χ0n) is 10.4. The lowest BCUT2D eigenvalue weighted by Gasteiger charge is -2.10. The fourth-order valence-electron chi connectivity index (χ4n) is 1.57. The van der Waals surface area contributed by atoms with Crippen molar-refractivity contribution in [3.05, 3.63) is 41.2 Å². The molecule has 96 valence electrons. The number of benzene rings is 1. The van der Waals surface area contributed by atoms with Gasteiger partial charge in [0.05, 0.1) is 0 Å². The highest BCUT2D eigenvalue weighted by molar-refractivity contribution is 5.33. The number of nitrogens with two attached hydrogens (primary N) is 1. The van der Waals surface area contributed by atoms with E-state index in [1.165, 1.54) is 12.1 Å². The molecular weight excluding hydrogens is 235 g/mol. The number of aryl methyl sites for hydroxylation is 1. The highest BCUT2D eigenvalue weighted by Gasteiger charge is 2.08. The molecule has 1 heterocycles. The number of halogens is 1. The molecule has 0 saturated carbocycles. The molecule has 0 radical (unpaired) electrons. The molecule has 0 bridgehead atoms. The van der Waals surface area contributed by atoms with E-state index in [-0.39, 0.29) is 19.0 Å². The first-order chi connectivity index (χ1) is 8.61. The van der Waals surface area contributed by atoms with Crippen LogP contribution in [0.15, 0.2) is 18.2 Å². The Labute approximate surface area is 104 Å². The van der Waals surface area contributed by atoms with Gasteiger partial charge in [-0.25, -0.2) is 4.39 Å². The Bertz CT molecular complexity index is 553. The lowest BCUT2D eigenvalue weighted by Crippen LogP contribution is -2.07. The van der Waals surface area contributed by atoms with E-state index >= 15 is 0 Å². The van der Waals surface area contributed by atoms with Crippen LogP contribution in [0.4, 0.5) is 4.39 Å². The van der Waals surface area contributed by atoms with Crippen molar-refractivity contribution in [1.29, 1.82) is 0 Å². The molecule has 6 heteroatoms. The molecule has 18 heavy (non-hydrogen) atoms. The van der Waals surface area contributed by atoms with E-state index in [1.54, 1.807) is 6.07 Å². The molecule has 0 unspecified atom stereocenters. The molecule has 2 N–H and O–H groups in total. The maximum Gasteiger partial charge on any atom is 0.170 e. The number of ether oxygens (including phenoxy) is 1. The summed E-state index contributed by atoms with van der Waals surface area (Å²) < 4.78 is 20.5. The van der Waals surface area contributed by atoms with Crippen LogP contribution in [0.1, 0.15) is 17.2 Å². The summed E-state index contributed by atoms with van der Waals surface area (Å²) >= 11 is 0. The summed E-state index contributed by atoms with van der Waals surface area (Å²) in [5, 5.41) is 7.92. The number of hydrogen-bond donors (Lipinski definition) is 1. The Balaban J connectivity index is 2.13.